The normalized spacial score (nSPS) is 16.6. The topological polar surface area (TPSA) is 66.9 Å². The van der Waals surface area contributed by atoms with Crippen molar-refractivity contribution in [1.29, 1.82) is 0 Å². The van der Waals surface area contributed by atoms with Crippen molar-refractivity contribution in [2.75, 3.05) is 26.2 Å². The zero-order chi connectivity index (χ0) is 20.3. The van der Waals surface area contributed by atoms with Gasteiger partial charge in [-0.25, -0.2) is 12.8 Å². The molecule has 2 aromatic carbocycles. The molecule has 6 nitrogen and oxygen atoms in total. The predicted molar refractivity (Wildman–Crippen MR) is 103 cm³/mol. The second kappa shape index (κ2) is 8.46. The van der Waals surface area contributed by atoms with Gasteiger partial charge in [0.2, 0.25) is 10.0 Å². The summed E-state index contributed by atoms with van der Waals surface area (Å²) in [4.78, 5) is 14.1. The SMILES string of the molecule is CC(Oc1cccc(Cl)c1)C(=O)N1CCN(S(=O)(=O)c2cccc(F)c2)CC1. The highest BCUT2D eigenvalue weighted by Crippen LogP contribution is 2.21. The summed E-state index contributed by atoms with van der Waals surface area (Å²) in [5, 5.41) is 0.508. The Morgan fingerprint density at radius 2 is 1.79 bits per heavy atom. The van der Waals surface area contributed by atoms with Crippen molar-refractivity contribution >= 4 is 27.5 Å². The van der Waals surface area contributed by atoms with E-state index in [1.165, 1.54) is 22.5 Å². The number of hydrogen-bond acceptors (Lipinski definition) is 4. The van der Waals surface area contributed by atoms with Gasteiger partial charge in [0.1, 0.15) is 11.6 Å². The second-order valence-corrected chi connectivity index (χ2v) is 8.78. The monoisotopic (exact) mass is 426 g/mol. The lowest BCUT2D eigenvalue weighted by molar-refractivity contribution is -0.139. The van der Waals surface area contributed by atoms with E-state index >= 15 is 0 Å². The molecule has 1 heterocycles. The van der Waals surface area contributed by atoms with Crippen LogP contribution in [0.5, 0.6) is 5.75 Å². The van der Waals surface area contributed by atoms with Gasteiger partial charge >= 0.3 is 0 Å². The predicted octanol–water partition coefficient (Wildman–Crippen LogP) is 2.78. The molecule has 1 atom stereocenters. The van der Waals surface area contributed by atoms with E-state index in [9.17, 15) is 17.6 Å². The first kappa shape index (κ1) is 20.6. The second-order valence-electron chi connectivity index (χ2n) is 6.40. The van der Waals surface area contributed by atoms with Crippen LogP contribution in [0.25, 0.3) is 0 Å². The number of sulfonamides is 1. The molecule has 1 amide bonds. The van der Waals surface area contributed by atoms with Crippen LogP contribution in [0.1, 0.15) is 6.92 Å². The van der Waals surface area contributed by atoms with Crippen LogP contribution in [0.15, 0.2) is 53.4 Å². The minimum atomic E-state index is -3.80. The molecule has 0 aliphatic carbocycles. The fraction of sp³-hybridized carbons (Fsp3) is 0.316. The lowest BCUT2D eigenvalue weighted by Gasteiger charge is -2.35. The van der Waals surface area contributed by atoms with Crippen LogP contribution < -0.4 is 4.74 Å². The summed E-state index contributed by atoms with van der Waals surface area (Å²) in [5.74, 6) is -0.356. The summed E-state index contributed by atoms with van der Waals surface area (Å²) in [6.07, 6.45) is -0.732. The number of rotatable bonds is 5. The smallest absolute Gasteiger partial charge is 0.263 e. The van der Waals surface area contributed by atoms with E-state index in [1.807, 2.05) is 0 Å². The Kier molecular flexibility index (Phi) is 6.22. The first-order valence-corrected chi connectivity index (χ1v) is 10.6. The van der Waals surface area contributed by atoms with Crippen LogP contribution in [0.3, 0.4) is 0 Å². The fourth-order valence-corrected chi connectivity index (χ4v) is 4.61. The van der Waals surface area contributed by atoms with Gasteiger partial charge in [-0.1, -0.05) is 23.7 Å². The van der Waals surface area contributed by atoms with Crippen molar-refractivity contribution in [2.45, 2.75) is 17.9 Å². The maximum Gasteiger partial charge on any atom is 0.263 e. The Balaban J connectivity index is 1.60. The first-order valence-electron chi connectivity index (χ1n) is 8.74. The molecular formula is C19H20ClFN2O4S. The van der Waals surface area contributed by atoms with Gasteiger partial charge in [-0.15, -0.1) is 0 Å². The maximum atomic E-state index is 13.4. The van der Waals surface area contributed by atoms with Crippen LogP contribution in [0, 0.1) is 5.82 Å². The fourth-order valence-electron chi connectivity index (χ4n) is 2.98. The summed E-state index contributed by atoms with van der Waals surface area (Å²) < 4.78 is 45.5. The molecule has 1 aliphatic heterocycles. The summed E-state index contributed by atoms with van der Waals surface area (Å²) >= 11 is 5.91. The highest BCUT2D eigenvalue weighted by Gasteiger charge is 2.32. The van der Waals surface area contributed by atoms with Gasteiger partial charge in [0.05, 0.1) is 4.90 Å². The van der Waals surface area contributed by atoms with E-state index in [0.717, 1.165) is 6.07 Å². The number of halogens is 2. The Labute approximate surface area is 168 Å². The molecule has 0 saturated carbocycles. The number of carbonyl (C=O) groups excluding carboxylic acids is 1. The van der Waals surface area contributed by atoms with E-state index in [0.29, 0.717) is 10.8 Å². The molecule has 3 rings (SSSR count). The number of benzene rings is 2. The quantitative estimate of drug-likeness (QED) is 0.737. The van der Waals surface area contributed by atoms with Crippen LogP contribution in [-0.4, -0.2) is 55.8 Å². The molecule has 1 unspecified atom stereocenters. The van der Waals surface area contributed by atoms with E-state index in [4.69, 9.17) is 16.3 Å². The third-order valence-electron chi connectivity index (χ3n) is 4.44. The lowest BCUT2D eigenvalue weighted by Crippen LogP contribution is -2.53. The highest BCUT2D eigenvalue weighted by atomic mass is 35.5. The van der Waals surface area contributed by atoms with Crippen LogP contribution in [0.2, 0.25) is 5.02 Å². The third-order valence-corrected chi connectivity index (χ3v) is 6.57. The Bertz CT molecular complexity index is 962. The van der Waals surface area contributed by atoms with Crippen LogP contribution in [0.4, 0.5) is 4.39 Å². The molecule has 28 heavy (non-hydrogen) atoms. The standard InChI is InChI=1S/C19H20ClFN2O4S/c1-14(27-17-6-2-4-15(20)12-17)19(24)22-8-10-23(11-9-22)28(25,26)18-7-3-5-16(21)13-18/h2-7,12-14H,8-11H2,1H3. The summed E-state index contributed by atoms with van der Waals surface area (Å²) in [6.45, 7) is 2.37. The molecule has 9 heteroatoms. The van der Waals surface area contributed by atoms with E-state index < -0.39 is 21.9 Å². The molecular weight excluding hydrogens is 407 g/mol. The van der Waals surface area contributed by atoms with Crippen molar-refractivity contribution in [2.24, 2.45) is 0 Å². The Morgan fingerprint density at radius 3 is 2.43 bits per heavy atom. The average Bonchev–Trinajstić information content (AvgIpc) is 2.67. The Morgan fingerprint density at radius 1 is 1.11 bits per heavy atom. The number of ether oxygens (including phenoxy) is 1. The van der Waals surface area contributed by atoms with Crippen molar-refractivity contribution in [3.8, 4) is 5.75 Å². The van der Waals surface area contributed by atoms with Gasteiger partial charge in [-0.2, -0.15) is 4.31 Å². The molecule has 2 aromatic rings. The summed E-state index contributed by atoms with van der Waals surface area (Å²) in [6, 6.07) is 11.7. The summed E-state index contributed by atoms with van der Waals surface area (Å²) in [5.41, 5.74) is 0. The molecule has 150 valence electrons. The van der Waals surface area contributed by atoms with Gasteiger partial charge in [-0.05, 0) is 43.3 Å². The molecule has 0 bridgehead atoms. The summed E-state index contributed by atoms with van der Waals surface area (Å²) in [7, 11) is -3.80. The number of carbonyl (C=O) groups is 1. The van der Waals surface area contributed by atoms with Gasteiger partial charge in [0.25, 0.3) is 5.91 Å². The van der Waals surface area contributed by atoms with Gasteiger partial charge in [0.15, 0.2) is 6.10 Å². The van der Waals surface area contributed by atoms with Crippen molar-refractivity contribution in [3.05, 3.63) is 59.4 Å². The number of piperazine rings is 1. The molecule has 0 N–H and O–H groups in total. The van der Waals surface area contributed by atoms with E-state index in [-0.39, 0.29) is 37.0 Å². The van der Waals surface area contributed by atoms with Crippen molar-refractivity contribution < 1.29 is 22.3 Å². The molecule has 0 radical (unpaired) electrons. The largest absolute Gasteiger partial charge is 0.481 e. The zero-order valence-electron chi connectivity index (χ0n) is 15.2. The molecule has 1 aliphatic rings. The minimum Gasteiger partial charge on any atom is -0.481 e. The van der Waals surface area contributed by atoms with Crippen LogP contribution >= 0.6 is 11.6 Å². The molecule has 0 aromatic heterocycles. The van der Waals surface area contributed by atoms with Crippen molar-refractivity contribution in [3.63, 3.8) is 0 Å². The number of hydrogen-bond donors (Lipinski definition) is 0. The number of nitrogens with zero attached hydrogens (tertiary/aromatic N) is 2. The van der Waals surface area contributed by atoms with E-state index in [2.05, 4.69) is 0 Å². The van der Waals surface area contributed by atoms with Crippen LogP contribution in [-0.2, 0) is 14.8 Å². The van der Waals surface area contributed by atoms with Crippen molar-refractivity contribution in [1.82, 2.24) is 9.21 Å². The highest BCUT2D eigenvalue weighted by molar-refractivity contribution is 7.89. The average molecular weight is 427 g/mol. The number of amides is 1. The zero-order valence-corrected chi connectivity index (χ0v) is 16.8. The third kappa shape index (κ3) is 4.63. The molecule has 0 spiro atoms. The first-order chi connectivity index (χ1) is 13.3. The van der Waals surface area contributed by atoms with Gasteiger partial charge < -0.3 is 9.64 Å². The lowest BCUT2D eigenvalue weighted by atomic mass is 10.2. The van der Waals surface area contributed by atoms with Gasteiger partial charge in [-0.3, -0.25) is 4.79 Å². The molecule has 1 fully saturated rings. The minimum absolute atomic E-state index is 0.0927. The van der Waals surface area contributed by atoms with Gasteiger partial charge in [0, 0.05) is 31.2 Å². The van der Waals surface area contributed by atoms with E-state index in [1.54, 1.807) is 36.1 Å². The molecule has 1 saturated heterocycles. The maximum absolute atomic E-state index is 13.4. The Hall–Kier alpha value is -2.16.